The van der Waals surface area contributed by atoms with E-state index in [1.54, 1.807) is 12.1 Å². The van der Waals surface area contributed by atoms with E-state index in [-0.39, 0.29) is 34.7 Å². The largest absolute Gasteiger partial charge is 0.543 e. The first-order chi connectivity index (χ1) is 24.8. The van der Waals surface area contributed by atoms with Gasteiger partial charge in [0.1, 0.15) is 17.1 Å². The number of hydrogen-bond acceptors (Lipinski definition) is 14. The standard InChI is InChI=1S/C32H32N10O8S2/c1-32(2,30(48)49)50-38-22(20-15-52-31(33)35-20)26(44)36-23-27(45)42-24(29(46)47)19(14-51-28(23)42)13-40-9-8-21-18(12-40)7-10-41(21)11-16-3-5-17(6-4-16)25(43)37-39-34/h3-10,12,15,23,28H,11,13-14H2,1-2H3,(H8-,33,34,35,36,37,38,39,43,44,46,47,48,49)/t23-,28-/m1/s1. The normalized spacial score (nSPS) is 17.4. The van der Waals surface area contributed by atoms with Gasteiger partial charge in [-0.25, -0.2) is 14.3 Å². The number of carbonyl (C=O) groups excluding carboxylic acids is 4. The summed E-state index contributed by atoms with van der Waals surface area (Å²) >= 11 is 2.28. The fourth-order valence-electron chi connectivity index (χ4n) is 5.55. The van der Waals surface area contributed by atoms with Crippen molar-refractivity contribution in [3.63, 3.8) is 0 Å². The molecule has 18 nitrogen and oxygen atoms in total. The number of amides is 3. The highest BCUT2D eigenvalue weighted by molar-refractivity contribution is 8.00. The molecule has 0 saturated carbocycles. The van der Waals surface area contributed by atoms with E-state index in [4.69, 9.17) is 16.4 Å². The van der Waals surface area contributed by atoms with Gasteiger partial charge in [-0.3, -0.25) is 30.6 Å². The fraction of sp³-hybridized carbons (Fsp3) is 0.250. The van der Waals surface area contributed by atoms with Gasteiger partial charge in [0.2, 0.25) is 5.60 Å². The van der Waals surface area contributed by atoms with Gasteiger partial charge in [-0.2, -0.15) is 5.53 Å². The highest BCUT2D eigenvalue weighted by Gasteiger charge is 2.53. The Morgan fingerprint density at radius 2 is 1.94 bits per heavy atom. The highest BCUT2D eigenvalue weighted by atomic mass is 32.2. The zero-order chi connectivity index (χ0) is 37.3. The van der Waals surface area contributed by atoms with Crippen LogP contribution in [-0.4, -0.2) is 77.7 Å². The van der Waals surface area contributed by atoms with E-state index in [9.17, 15) is 34.2 Å². The maximum absolute atomic E-state index is 13.4. The fourth-order valence-corrected chi connectivity index (χ4v) is 7.43. The molecule has 5 heterocycles. The van der Waals surface area contributed by atoms with Crippen molar-refractivity contribution in [2.75, 3.05) is 11.5 Å². The van der Waals surface area contributed by atoms with Crippen molar-refractivity contribution in [1.82, 2.24) is 30.7 Å². The van der Waals surface area contributed by atoms with Crippen LogP contribution < -0.4 is 37.5 Å². The SMILES string of the molecule is CC(C)(O/N=C(\C(=O)N[C@@H]1C(=O)N2C(C(=O)[O-])=C(C[n+]3ccc4c(ccn4Cc4ccc(C(=O)NNN)cc4)c3)CS[C@H]12)c1csc(N)n1)C(=O)O. The van der Waals surface area contributed by atoms with Gasteiger partial charge in [0.15, 0.2) is 29.8 Å². The summed E-state index contributed by atoms with van der Waals surface area (Å²) in [6, 6.07) is 9.79. The van der Waals surface area contributed by atoms with Crippen molar-refractivity contribution in [1.29, 1.82) is 0 Å². The van der Waals surface area contributed by atoms with Crippen LogP contribution in [0.3, 0.4) is 0 Å². The van der Waals surface area contributed by atoms with Gasteiger partial charge in [-0.05, 0) is 37.6 Å². The van der Waals surface area contributed by atoms with Crippen molar-refractivity contribution >= 4 is 74.5 Å². The lowest BCUT2D eigenvalue weighted by Crippen LogP contribution is -2.71. The van der Waals surface area contributed by atoms with Crippen LogP contribution in [0.4, 0.5) is 5.13 Å². The first-order valence-corrected chi connectivity index (χ1v) is 17.4. The molecule has 0 bridgehead atoms. The third-order valence-electron chi connectivity index (χ3n) is 8.28. The summed E-state index contributed by atoms with van der Waals surface area (Å²) in [6.45, 7) is 3.17. The number of oxime groups is 1. The van der Waals surface area contributed by atoms with E-state index in [0.717, 1.165) is 32.7 Å². The number of nitrogens with zero attached hydrogens (tertiary/aromatic N) is 5. The van der Waals surface area contributed by atoms with Gasteiger partial charge >= 0.3 is 5.97 Å². The molecule has 4 aromatic rings. The Balaban J connectivity index is 1.16. The Kier molecular flexibility index (Phi) is 9.98. The zero-order valence-electron chi connectivity index (χ0n) is 27.6. The minimum atomic E-state index is -1.79. The predicted molar refractivity (Wildman–Crippen MR) is 185 cm³/mol. The number of aromatic nitrogens is 3. The summed E-state index contributed by atoms with van der Waals surface area (Å²) in [4.78, 5) is 72.9. The van der Waals surface area contributed by atoms with Crippen molar-refractivity contribution in [3.8, 4) is 0 Å². The lowest BCUT2D eigenvalue weighted by molar-refractivity contribution is -0.687. The van der Waals surface area contributed by atoms with E-state index in [2.05, 4.69) is 26.4 Å². The van der Waals surface area contributed by atoms with Crippen LogP contribution in [0.15, 0.2) is 76.8 Å². The molecule has 20 heteroatoms. The topological polar surface area (TPSA) is 263 Å². The number of rotatable bonds is 13. The average molecular weight is 749 g/mol. The molecule has 2 aliphatic heterocycles. The summed E-state index contributed by atoms with van der Waals surface area (Å²) in [7, 11) is 0. The number of benzene rings is 1. The zero-order valence-corrected chi connectivity index (χ0v) is 29.2. The molecule has 1 aromatic carbocycles. The molecule has 1 saturated heterocycles. The number of aliphatic carboxylic acids is 2. The van der Waals surface area contributed by atoms with Crippen molar-refractivity contribution < 1.29 is 43.6 Å². The Morgan fingerprint density at radius 1 is 1.19 bits per heavy atom. The monoisotopic (exact) mass is 748 g/mol. The van der Waals surface area contributed by atoms with Gasteiger partial charge in [-0.15, -0.1) is 23.1 Å². The molecule has 8 N–H and O–H groups in total. The number of anilines is 1. The van der Waals surface area contributed by atoms with Crippen LogP contribution in [0.25, 0.3) is 10.9 Å². The second-order valence-corrected chi connectivity index (χ2v) is 14.2. The van der Waals surface area contributed by atoms with E-state index < -0.39 is 46.5 Å². The van der Waals surface area contributed by atoms with Crippen LogP contribution >= 0.6 is 23.1 Å². The maximum atomic E-state index is 13.4. The van der Waals surface area contributed by atoms with Crippen LogP contribution in [-0.2, 0) is 37.1 Å². The molecule has 3 amide bonds. The average Bonchev–Trinajstić information content (AvgIpc) is 3.72. The summed E-state index contributed by atoms with van der Waals surface area (Å²) in [5.74, 6) is 0.579. The number of carboxylic acid groups (broad SMARTS) is 2. The molecule has 0 spiro atoms. The van der Waals surface area contributed by atoms with Gasteiger partial charge in [0.05, 0.1) is 22.6 Å². The van der Waals surface area contributed by atoms with Crippen LogP contribution in [0.5, 0.6) is 0 Å². The number of carbonyl (C=O) groups is 5. The Labute approximate surface area is 303 Å². The number of pyridine rings is 1. The van der Waals surface area contributed by atoms with Crippen molar-refractivity contribution in [2.24, 2.45) is 11.0 Å². The molecule has 1 fully saturated rings. The third kappa shape index (κ3) is 7.17. The molecular weight excluding hydrogens is 717 g/mol. The number of thioether (sulfide) groups is 1. The minimum absolute atomic E-state index is 0.00388. The molecule has 0 radical (unpaired) electrons. The molecule has 0 aliphatic carbocycles. The van der Waals surface area contributed by atoms with E-state index in [1.165, 1.54) is 31.0 Å². The quantitative estimate of drug-likeness (QED) is 0.0309. The van der Waals surface area contributed by atoms with Crippen molar-refractivity contribution in [2.45, 2.75) is 44.0 Å². The molecule has 270 valence electrons. The molecule has 6 rings (SSSR count). The Bertz CT molecular complexity index is 2160. The number of nitrogens with two attached hydrogens (primary N) is 2. The molecule has 2 aliphatic rings. The lowest BCUT2D eigenvalue weighted by atomic mass is 10.0. The molecule has 52 heavy (non-hydrogen) atoms. The number of carboxylic acids is 2. The van der Waals surface area contributed by atoms with Crippen LogP contribution in [0, 0.1) is 0 Å². The Hall–Kier alpha value is -5.83. The smallest absolute Gasteiger partial charge is 0.350 e. The molecular formula is C32H32N10O8S2. The number of fused-ring (bicyclic) bond motifs is 2. The summed E-state index contributed by atoms with van der Waals surface area (Å²) < 4.78 is 3.85. The van der Waals surface area contributed by atoms with E-state index in [1.807, 2.05) is 52.0 Å². The van der Waals surface area contributed by atoms with Gasteiger partial charge in [0, 0.05) is 41.1 Å². The maximum Gasteiger partial charge on any atom is 0.350 e. The number of hydrazine groups is 2. The second kappa shape index (κ2) is 14.4. The number of β-lactam (4-membered cyclic amide) rings is 1. The summed E-state index contributed by atoms with van der Waals surface area (Å²) in [6.07, 6.45) is 5.60. The first kappa shape index (κ1) is 36.0. The molecule has 3 aromatic heterocycles. The van der Waals surface area contributed by atoms with Crippen molar-refractivity contribution in [3.05, 3.63) is 88.5 Å². The number of nitrogens with one attached hydrogen (secondary N) is 3. The number of hydrogen-bond donors (Lipinski definition) is 6. The first-order valence-electron chi connectivity index (χ1n) is 15.5. The van der Waals surface area contributed by atoms with Gasteiger partial charge in [0.25, 0.3) is 17.7 Å². The molecule has 0 unspecified atom stereocenters. The number of thiazole rings is 1. The third-order valence-corrected chi connectivity index (χ3v) is 10.3. The highest BCUT2D eigenvalue weighted by Crippen LogP contribution is 2.40. The second-order valence-electron chi connectivity index (χ2n) is 12.2. The van der Waals surface area contributed by atoms with E-state index >= 15 is 0 Å². The van der Waals surface area contributed by atoms with E-state index in [0.29, 0.717) is 17.7 Å². The summed E-state index contributed by atoms with van der Waals surface area (Å²) in [5.41, 5.74) is 10.5. The van der Waals surface area contributed by atoms with Crippen LogP contribution in [0.2, 0.25) is 0 Å². The number of nitrogen functional groups attached to an aromatic ring is 1. The minimum Gasteiger partial charge on any atom is -0.543 e. The van der Waals surface area contributed by atoms with Gasteiger partial charge in [-0.1, -0.05) is 17.3 Å². The predicted octanol–water partition coefficient (Wildman–Crippen LogP) is -1.19. The van der Waals surface area contributed by atoms with Gasteiger partial charge < -0.3 is 35.5 Å². The summed E-state index contributed by atoms with van der Waals surface area (Å²) in [5, 5.41) is 29.8. The Morgan fingerprint density at radius 3 is 2.60 bits per heavy atom. The molecule has 2 atom stereocenters. The lowest BCUT2D eigenvalue weighted by Gasteiger charge is -2.50. The van der Waals surface area contributed by atoms with Crippen LogP contribution in [0.1, 0.15) is 35.5 Å².